The zero-order chi connectivity index (χ0) is 23.9. The summed E-state index contributed by atoms with van der Waals surface area (Å²) in [4.78, 5) is 13.3. The van der Waals surface area contributed by atoms with Crippen molar-refractivity contribution in [2.45, 2.75) is 11.8 Å². The number of aromatic nitrogens is 2. The molecule has 0 aliphatic carbocycles. The van der Waals surface area contributed by atoms with Crippen LogP contribution in [0.4, 0.5) is 13.2 Å². The van der Waals surface area contributed by atoms with Crippen LogP contribution >= 0.6 is 0 Å². The number of hydrogen-bond donors (Lipinski definition) is 1. The number of benzene rings is 3. The third-order valence-corrected chi connectivity index (χ3v) is 6.01. The predicted octanol–water partition coefficient (Wildman–Crippen LogP) is 3.94. The maximum atomic E-state index is 14.3. The zero-order valence-electron chi connectivity index (χ0n) is 17.1. The van der Waals surface area contributed by atoms with Crippen LogP contribution in [0.5, 0.6) is 0 Å². The van der Waals surface area contributed by atoms with E-state index in [0.717, 1.165) is 16.8 Å². The average Bonchev–Trinajstić information content (AvgIpc) is 2.77. The fourth-order valence-electron chi connectivity index (χ4n) is 3.32. The Labute approximate surface area is 186 Å². The van der Waals surface area contributed by atoms with Crippen molar-refractivity contribution in [3.8, 4) is 27.9 Å². The van der Waals surface area contributed by atoms with Gasteiger partial charge in [-0.05, 0) is 53.9 Å². The first-order chi connectivity index (χ1) is 15.6. The Morgan fingerprint density at radius 2 is 1.52 bits per heavy atom. The first-order valence-corrected chi connectivity index (χ1v) is 11.1. The van der Waals surface area contributed by atoms with Crippen LogP contribution in [-0.2, 0) is 10.0 Å². The highest BCUT2D eigenvalue weighted by Crippen LogP contribution is 2.31. The average molecular weight is 471 g/mol. The van der Waals surface area contributed by atoms with E-state index in [0.29, 0.717) is 11.1 Å². The monoisotopic (exact) mass is 471 g/mol. The van der Waals surface area contributed by atoms with Gasteiger partial charge in [-0.25, -0.2) is 26.7 Å². The maximum Gasteiger partial charge on any atom is 0.280 e. The Kier molecular flexibility index (Phi) is 5.64. The highest BCUT2D eigenvalue weighted by atomic mass is 32.2. The molecule has 10 heteroatoms. The van der Waals surface area contributed by atoms with E-state index in [2.05, 4.69) is 5.10 Å². The number of halogens is 3. The van der Waals surface area contributed by atoms with Gasteiger partial charge in [-0.1, -0.05) is 24.3 Å². The lowest BCUT2D eigenvalue weighted by atomic mass is 9.96. The van der Waals surface area contributed by atoms with Crippen LogP contribution in [0.1, 0.15) is 5.56 Å². The van der Waals surface area contributed by atoms with Gasteiger partial charge in [0, 0.05) is 11.6 Å². The normalized spacial score (nSPS) is 11.5. The summed E-state index contributed by atoms with van der Waals surface area (Å²) in [6, 6.07) is 12.5. The topological polar surface area (TPSA) is 95.1 Å². The Hall–Kier alpha value is -3.76. The van der Waals surface area contributed by atoms with Crippen molar-refractivity contribution in [3.63, 3.8) is 0 Å². The lowest BCUT2D eigenvalue weighted by Crippen LogP contribution is -2.23. The Morgan fingerprint density at radius 1 is 0.848 bits per heavy atom. The molecule has 4 aromatic rings. The van der Waals surface area contributed by atoms with E-state index in [9.17, 15) is 26.4 Å². The molecule has 1 aromatic heterocycles. The number of hydrogen-bond acceptors (Lipinski definition) is 4. The van der Waals surface area contributed by atoms with E-state index in [-0.39, 0.29) is 27.3 Å². The Bertz CT molecular complexity index is 1550. The van der Waals surface area contributed by atoms with Gasteiger partial charge in [0.05, 0.1) is 22.3 Å². The van der Waals surface area contributed by atoms with Gasteiger partial charge in [0.1, 0.15) is 5.82 Å². The molecule has 0 saturated heterocycles. The van der Waals surface area contributed by atoms with Crippen molar-refractivity contribution in [2.24, 2.45) is 5.14 Å². The highest BCUT2D eigenvalue weighted by Gasteiger charge is 2.18. The number of nitrogens with two attached hydrogens (primary N) is 1. The molecule has 0 radical (unpaired) electrons. The summed E-state index contributed by atoms with van der Waals surface area (Å²) in [6.07, 6.45) is 1.31. The minimum atomic E-state index is -3.93. The summed E-state index contributed by atoms with van der Waals surface area (Å²) in [6.45, 7) is 1.57. The van der Waals surface area contributed by atoms with Gasteiger partial charge in [-0.3, -0.25) is 4.79 Å². The largest absolute Gasteiger partial charge is 0.280 e. The van der Waals surface area contributed by atoms with Crippen LogP contribution < -0.4 is 10.7 Å². The number of aryl methyl sites for hydroxylation is 1. The fraction of sp³-hybridized carbons (Fsp3) is 0.0435. The Balaban J connectivity index is 1.98. The van der Waals surface area contributed by atoms with Crippen LogP contribution in [0.3, 0.4) is 0 Å². The molecular weight excluding hydrogens is 455 g/mol. The van der Waals surface area contributed by atoms with E-state index in [4.69, 9.17) is 5.14 Å². The van der Waals surface area contributed by atoms with E-state index in [1.165, 1.54) is 48.7 Å². The fourth-order valence-corrected chi connectivity index (χ4v) is 3.84. The lowest BCUT2D eigenvalue weighted by Gasteiger charge is -2.14. The minimum Gasteiger partial charge on any atom is -0.267 e. The molecule has 1 heterocycles. The standard InChI is InChI=1S/C23H16F3N3O3S/c1-13-2-3-15(10-20(13)25)22-18(14-4-7-17(8-5-14)33(27,31)32)12-28-29(23(22)30)16-6-9-19(24)21(26)11-16/h2-12H,1H3,(H2,27,31,32). The number of sulfonamides is 1. The van der Waals surface area contributed by atoms with E-state index < -0.39 is 33.0 Å². The second-order valence-electron chi connectivity index (χ2n) is 7.28. The molecule has 2 N–H and O–H groups in total. The Morgan fingerprint density at radius 3 is 2.12 bits per heavy atom. The first kappa shape index (κ1) is 22.4. The third-order valence-electron chi connectivity index (χ3n) is 5.08. The SMILES string of the molecule is Cc1ccc(-c2c(-c3ccc(S(N)(=O)=O)cc3)cnn(-c3ccc(F)c(F)c3)c2=O)cc1F. The molecule has 3 aromatic carbocycles. The van der Waals surface area contributed by atoms with Crippen molar-refractivity contribution >= 4 is 10.0 Å². The number of nitrogens with zero attached hydrogens (tertiary/aromatic N) is 2. The molecule has 0 fully saturated rings. The third kappa shape index (κ3) is 4.30. The lowest BCUT2D eigenvalue weighted by molar-refractivity contribution is 0.507. The van der Waals surface area contributed by atoms with Gasteiger partial charge in [0.15, 0.2) is 11.6 Å². The molecule has 0 spiro atoms. The molecule has 0 bridgehead atoms. The summed E-state index contributed by atoms with van der Waals surface area (Å²) < 4.78 is 65.5. The molecule has 0 amide bonds. The van der Waals surface area contributed by atoms with Gasteiger partial charge in [0.2, 0.25) is 10.0 Å². The molecule has 0 aliphatic rings. The van der Waals surface area contributed by atoms with Crippen molar-refractivity contribution in [2.75, 3.05) is 0 Å². The van der Waals surface area contributed by atoms with Crippen molar-refractivity contribution < 1.29 is 21.6 Å². The molecular formula is C23H16F3N3O3S. The van der Waals surface area contributed by atoms with Gasteiger partial charge in [-0.2, -0.15) is 9.78 Å². The van der Waals surface area contributed by atoms with Crippen molar-refractivity contribution in [1.29, 1.82) is 0 Å². The van der Waals surface area contributed by atoms with Gasteiger partial charge in [-0.15, -0.1) is 0 Å². The second-order valence-corrected chi connectivity index (χ2v) is 8.84. The van der Waals surface area contributed by atoms with Crippen LogP contribution in [0.2, 0.25) is 0 Å². The molecule has 0 aliphatic heterocycles. The highest BCUT2D eigenvalue weighted by molar-refractivity contribution is 7.89. The van der Waals surface area contributed by atoms with Crippen LogP contribution in [0.25, 0.3) is 27.9 Å². The molecule has 0 atom stereocenters. The van der Waals surface area contributed by atoms with Crippen molar-refractivity contribution in [1.82, 2.24) is 9.78 Å². The van der Waals surface area contributed by atoms with Crippen molar-refractivity contribution in [3.05, 3.63) is 100 Å². The predicted molar refractivity (Wildman–Crippen MR) is 117 cm³/mol. The van der Waals surface area contributed by atoms with Crippen LogP contribution in [0, 0.1) is 24.4 Å². The van der Waals surface area contributed by atoms with Gasteiger partial charge in [0.25, 0.3) is 5.56 Å². The molecule has 0 saturated carbocycles. The second kappa shape index (κ2) is 8.30. The smallest absolute Gasteiger partial charge is 0.267 e. The first-order valence-electron chi connectivity index (χ1n) is 9.54. The van der Waals surface area contributed by atoms with Gasteiger partial charge < -0.3 is 0 Å². The number of rotatable bonds is 4. The molecule has 168 valence electrons. The summed E-state index contributed by atoms with van der Waals surface area (Å²) in [7, 11) is -3.93. The maximum absolute atomic E-state index is 14.3. The van der Waals surface area contributed by atoms with E-state index in [1.807, 2.05) is 0 Å². The summed E-state index contributed by atoms with van der Waals surface area (Å²) in [5.41, 5.74) is 0.599. The minimum absolute atomic E-state index is 0.0242. The van der Waals surface area contributed by atoms with Gasteiger partial charge >= 0.3 is 0 Å². The van der Waals surface area contributed by atoms with E-state index in [1.54, 1.807) is 13.0 Å². The zero-order valence-corrected chi connectivity index (χ0v) is 17.9. The summed E-state index contributed by atoms with van der Waals surface area (Å²) in [5, 5.41) is 9.21. The molecule has 4 rings (SSSR count). The van der Waals surface area contributed by atoms with Crippen LogP contribution in [0.15, 0.2) is 76.6 Å². The van der Waals surface area contributed by atoms with E-state index >= 15 is 0 Å². The molecule has 0 unspecified atom stereocenters. The molecule has 6 nitrogen and oxygen atoms in total. The molecule has 33 heavy (non-hydrogen) atoms. The summed E-state index contributed by atoms with van der Waals surface area (Å²) in [5.74, 6) is -2.79. The van der Waals surface area contributed by atoms with Crippen LogP contribution in [-0.4, -0.2) is 18.2 Å². The quantitative estimate of drug-likeness (QED) is 0.488. The number of primary sulfonamides is 1. The summed E-state index contributed by atoms with van der Waals surface area (Å²) >= 11 is 0.